The van der Waals surface area contributed by atoms with E-state index in [0.717, 1.165) is 11.1 Å². The van der Waals surface area contributed by atoms with E-state index in [1.165, 1.54) is 12.1 Å². The molecule has 0 saturated carbocycles. The zero-order valence-electron chi connectivity index (χ0n) is 11.8. The fourth-order valence-electron chi connectivity index (χ4n) is 2.60. The van der Waals surface area contributed by atoms with Crippen molar-refractivity contribution in [3.63, 3.8) is 0 Å². The van der Waals surface area contributed by atoms with Gasteiger partial charge in [-0.1, -0.05) is 24.4 Å². The number of phenolic OH excluding ortho intramolecular Hbond substituents is 1. The Morgan fingerprint density at radius 3 is 2.91 bits per heavy atom. The SMILES string of the molecule is Oc1cccc(-c2nc(=S)c3c([nH]2)Oc2ccc(F)cc2C3)c1. The highest BCUT2D eigenvalue weighted by Crippen LogP contribution is 2.36. The lowest BCUT2D eigenvalue weighted by molar-refractivity contribution is 0.437. The van der Waals surface area contributed by atoms with Gasteiger partial charge in [0.1, 0.15) is 27.8 Å². The number of aromatic amines is 1. The summed E-state index contributed by atoms with van der Waals surface area (Å²) in [5, 5.41) is 9.60. The minimum Gasteiger partial charge on any atom is -0.508 e. The quantitative estimate of drug-likeness (QED) is 0.511. The second-order valence-corrected chi connectivity index (χ2v) is 5.67. The maximum atomic E-state index is 13.4. The Morgan fingerprint density at radius 1 is 1.22 bits per heavy atom. The minimum atomic E-state index is -0.310. The zero-order valence-corrected chi connectivity index (χ0v) is 12.7. The summed E-state index contributed by atoms with van der Waals surface area (Å²) in [7, 11) is 0. The van der Waals surface area contributed by atoms with Gasteiger partial charge in [-0.05, 0) is 30.3 Å². The highest BCUT2D eigenvalue weighted by atomic mass is 32.1. The summed E-state index contributed by atoms with van der Waals surface area (Å²) in [6.45, 7) is 0. The number of aromatic hydroxyl groups is 1. The number of hydrogen-bond acceptors (Lipinski definition) is 4. The van der Waals surface area contributed by atoms with Gasteiger partial charge in [0.2, 0.25) is 5.88 Å². The normalized spacial score (nSPS) is 12.2. The molecule has 2 heterocycles. The molecule has 0 unspecified atom stereocenters. The highest BCUT2D eigenvalue weighted by molar-refractivity contribution is 7.71. The van der Waals surface area contributed by atoms with Gasteiger partial charge in [-0.3, -0.25) is 0 Å². The number of nitrogens with zero attached hydrogens (tertiary/aromatic N) is 1. The topological polar surface area (TPSA) is 58.1 Å². The van der Waals surface area contributed by atoms with Crippen LogP contribution in [0.15, 0.2) is 42.5 Å². The molecule has 6 heteroatoms. The van der Waals surface area contributed by atoms with E-state index >= 15 is 0 Å². The molecule has 0 amide bonds. The molecule has 3 aromatic rings. The van der Waals surface area contributed by atoms with Crippen molar-refractivity contribution >= 4 is 12.2 Å². The number of fused-ring (bicyclic) bond motifs is 2. The van der Waals surface area contributed by atoms with Crippen LogP contribution < -0.4 is 4.74 Å². The Balaban J connectivity index is 1.83. The number of rotatable bonds is 1. The number of H-pyrrole nitrogens is 1. The summed E-state index contributed by atoms with van der Waals surface area (Å²) >= 11 is 5.35. The first-order chi connectivity index (χ1) is 11.1. The Kier molecular flexibility index (Phi) is 3.12. The van der Waals surface area contributed by atoms with E-state index in [-0.39, 0.29) is 11.6 Å². The predicted octanol–water partition coefficient (Wildman–Crippen LogP) is 4.35. The van der Waals surface area contributed by atoms with E-state index in [2.05, 4.69) is 9.97 Å². The first kappa shape index (κ1) is 13.9. The van der Waals surface area contributed by atoms with Gasteiger partial charge in [-0.2, -0.15) is 0 Å². The van der Waals surface area contributed by atoms with E-state index < -0.39 is 0 Å². The molecule has 0 spiro atoms. The van der Waals surface area contributed by atoms with Crippen LogP contribution in [0.5, 0.6) is 17.4 Å². The van der Waals surface area contributed by atoms with Crippen LogP contribution in [0.4, 0.5) is 4.39 Å². The first-order valence-electron chi connectivity index (χ1n) is 6.99. The standard InChI is InChI=1S/C17H11FN2O2S/c18-11-4-5-14-10(6-11)8-13-16(22-14)19-15(20-17(13)23)9-2-1-3-12(21)7-9/h1-7,21H,8H2,(H,19,20,23). The fourth-order valence-corrected chi connectivity index (χ4v) is 2.85. The van der Waals surface area contributed by atoms with E-state index in [4.69, 9.17) is 17.0 Å². The molecular formula is C17H11FN2O2S. The highest BCUT2D eigenvalue weighted by Gasteiger charge is 2.21. The average Bonchev–Trinajstić information content (AvgIpc) is 2.53. The maximum Gasteiger partial charge on any atom is 0.205 e. The van der Waals surface area contributed by atoms with E-state index in [9.17, 15) is 9.50 Å². The molecule has 0 saturated heterocycles. The van der Waals surface area contributed by atoms with Crippen molar-refractivity contribution in [2.75, 3.05) is 0 Å². The van der Waals surface area contributed by atoms with Crippen LogP contribution in [0.1, 0.15) is 11.1 Å². The Labute approximate surface area is 136 Å². The van der Waals surface area contributed by atoms with E-state index in [1.807, 2.05) is 6.07 Å². The molecular weight excluding hydrogens is 315 g/mol. The number of aromatic nitrogens is 2. The first-order valence-corrected chi connectivity index (χ1v) is 7.40. The molecule has 4 rings (SSSR count). The molecule has 1 aliphatic rings. The molecule has 2 N–H and O–H groups in total. The third-order valence-corrected chi connectivity index (χ3v) is 4.04. The van der Waals surface area contributed by atoms with Gasteiger partial charge in [-0.15, -0.1) is 0 Å². The van der Waals surface area contributed by atoms with Crippen LogP contribution in [0, 0.1) is 10.5 Å². The number of phenols is 1. The van der Waals surface area contributed by atoms with Crippen molar-refractivity contribution < 1.29 is 14.2 Å². The predicted molar refractivity (Wildman–Crippen MR) is 85.8 cm³/mol. The number of nitrogens with one attached hydrogen (secondary N) is 1. The van der Waals surface area contributed by atoms with E-state index in [0.29, 0.717) is 34.1 Å². The van der Waals surface area contributed by atoms with Crippen LogP contribution in [-0.2, 0) is 6.42 Å². The maximum absolute atomic E-state index is 13.4. The average molecular weight is 326 g/mol. The van der Waals surface area contributed by atoms with Gasteiger partial charge >= 0.3 is 0 Å². The summed E-state index contributed by atoms with van der Waals surface area (Å²) in [5.41, 5.74) is 2.17. The van der Waals surface area contributed by atoms with Crippen molar-refractivity contribution in [2.45, 2.75) is 6.42 Å². The van der Waals surface area contributed by atoms with Gasteiger partial charge in [0, 0.05) is 17.5 Å². The molecule has 0 radical (unpaired) electrons. The molecule has 2 aromatic carbocycles. The zero-order chi connectivity index (χ0) is 16.0. The van der Waals surface area contributed by atoms with Gasteiger partial charge < -0.3 is 14.8 Å². The monoisotopic (exact) mass is 326 g/mol. The largest absolute Gasteiger partial charge is 0.508 e. The summed E-state index contributed by atoms with van der Waals surface area (Å²) in [6.07, 6.45) is 0.463. The van der Waals surface area contributed by atoms with Crippen molar-refractivity contribution in [1.29, 1.82) is 0 Å². The summed E-state index contributed by atoms with van der Waals surface area (Å²) < 4.78 is 19.6. The van der Waals surface area contributed by atoms with Crippen molar-refractivity contribution in [3.8, 4) is 28.8 Å². The van der Waals surface area contributed by atoms with Crippen LogP contribution in [0.3, 0.4) is 0 Å². The summed E-state index contributed by atoms with van der Waals surface area (Å²) in [5.74, 6) is 1.44. The third-order valence-electron chi connectivity index (χ3n) is 3.70. The lowest BCUT2D eigenvalue weighted by atomic mass is 10.0. The number of ether oxygens (including phenoxy) is 1. The molecule has 0 atom stereocenters. The number of benzene rings is 2. The third kappa shape index (κ3) is 2.47. The molecule has 0 fully saturated rings. The Morgan fingerprint density at radius 2 is 2.09 bits per heavy atom. The minimum absolute atomic E-state index is 0.142. The van der Waals surface area contributed by atoms with Crippen LogP contribution in [0.25, 0.3) is 11.4 Å². The van der Waals surface area contributed by atoms with E-state index in [1.54, 1.807) is 24.3 Å². The Hall–Kier alpha value is -2.73. The second-order valence-electron chi connectivity index (χ2n) is 5.28. The van der Waals surface area contributed by atoms with Gasteiger partial charge in [0.15, 0.2) is 0 Å². The van der Waals surface area contributed by atoms with Crippen molar-refractivity contribution in [1.82, 2.24) is 9.97 Å². The lowest BCUT2D eigenvalue weighted by Gasteiger charge is -2.20. The van der Waals surface area contributed by atoms with Gasteiger partial charge in [0.05, 0.1) is 5.56 Å². The molecule has 0 aliphatic carbocycles. The molecule has 1 aliphatic heterocycles. The summed E-state index contributed by atoms with van der Waals surface area (Å²) in [6, 6.07) is 11.1. The molecule has 114 valence electrons. The van der Waals surface area contributed by atoms with Crippen LogP contribution in [0.2, 0.25) is 0 Å². The second kappa shape index (κ2) is 5.17. The van der Waals surface area contributed by atoms with Crippen LogP contribution in [-0.4, -0.2) is 15.1 Å². The lowest BCUT2D eigenvalue weighted by Crippen LogP contribution is -2.08. The fraction of sp³-hybridized carbons (Fsp3) is 0.0588. The van der Waals surface area contributed by atoms with Crippen molar-refractivity contribution in [2.24, 2.45) is 0 Å². The molecule has 0 bridgehead atoms. The van der Waals surface area contributed by atoms with Crippen LogP contribution >= 0.6 is 12.2 Å². The van der Waals surface area contributed by atoms with Gasteiger partial charge in [-0.25, -0.2) is 9.37 Å². The molecule has 4 nitrogen and oxygen atoms in total. The molecule has 23 heavy (non-hydrogen) atoms. The van der Waals surface area contributed by atoms with Crippen molar-refractivity contribution in [3.05, 3.63) is 64.0 Å². The molecule has 1 aromatic heterocycles. The number of halogens is 1. The smallest absolute Gasteiger partial charge is 0.205 e. The Bertz CT molecular complexity index is 985. The van der Waals surface area contributed by atoms with Gasteiger partial charge in [0.25, 0.3) is 0 Å². The summed E-state index contributed by atoms with van der Waals surface area (Å²) in [4.78, 5) is 7.47. The number of hydrogen-bond donors (Lipinski definition) is 2.